The molecule has 2 aromatic heterocycles. The van der Waals surface area contributed by atoms with Crippen LogP contribution in [0.4, 0.5) is 5.13 Å². The standard InChI is InChI=1S/C18H16ClN3OS2/c1-12-17(15-4-2-3-9-20-15)25-18(21-12)22-16(23)11-24-10-13-5-7-14(19)8-6-13/h2-9H,10-11H2,1H3,(H,21,22,23). The van der Waals surface area contributed by atoms with E-state index in [1.54, 1.807) is 18.0 Å². The molecule has 3 aromatic rings. The summed E-state index contributed by atoms with van der Waals surface area (Å²) in [5.41, 5.74) is 2.88. The summed E-state index contributed by atoms with van der Waals surface area (Å²) in [7, 11) is 0. The van der Waals surface area contributed by atoms with Crippen LogP contribution in [0.5, 0.6) is 0 Å². The first-order valence-corrected chi connectivity index (χ1v) is 9.97. The molecule has 7 heteroatoms. The minimum Gasteiger partial charge on any atom is -0.301 e. The number of hydrogen-bond donors (Lipinski definition) is 1. The molecule has 2 heterocycles. The monoisotopic (exact) mass is 389 g/mol. The van der Waals surface area contributed by atoms with Crippen molar-refractivity contribution in [3.8, 4) is 10.6 Å². The maximum atomic E-state index is 12.1. The number of rotatable bonds is 6. The first-order valence-electron chi connectivity index (χ1n) is 7.62. The van der Waals surface area contributed by atoms with Gasteiger partial charge in [0.05, 0.1) is 22.0 Å². The smallest absolute Gasteiger partial charge is 0.236 e. The van der Waals surface area contributed by atoms with Crippen molar-refractivity contribution in [1.29, 1.82) is 0 Å². The molecule has 0 unspecified atom stereocenters. The number of amides is 1. The van der Waals surface area contributed by atoms with E-state index in [-0.39, 0.29) is 5.91 Å². The second-order valence-corrected chi connectivity index (χ2v) is 7.74. The van der Waals surface area contributed by atoms with E-state index in [0.717, 1.165) is 27.6 Å². The molecule has 0 radical (unpaired) electrons. The zero-order valence-corrected chi connectivity index (χ0v) is 15.9. The number of anilines is 1. The Morgan fingerprint density at radius 2 is 2.04 bits per heavy atom. The Morgan fingerprint density at radius 1 is 1.24 bits per heavy atom. The van der Waals surface area contributed by atoms with Gasteiger partial charge in [-0.15, -0.1) is 11.8 Å². The second-order valence-electron chi connectivity index (χ2n) is 5.32. The quantitative estimate of drug-likeness (QED) is 0.641. The van der Waals surface area contributed by atoms with Crippen LogP contribution in [0.15, 0.2) is 48.7 Å². The van der Waals surface area contributed by atoms with Crippen LogP contribution >= 0.6 is 34.7 Å². The van der Waals surface area contributed by atoms with E-state index in [0.29, 0.717) is 15.9 Å². The number of aryl methyl sites for hydroxylation is 1. The molecule has 128 valence electrons. The van der Waals surface area contributed by atoms with Crippen LogP contribution in [0.25, 0.3) is 10.6 Å². The molecule has 1 amide bonds. The lowest BCUT2D eigenvalue weighted by Gasteiger charge is -2.03. The molecular weight excluding hydrogens is 374 g/mol. The predicted octanol–water partition coefficient (Wildman–Crippen LogP) is 5.04. The van der Waals surface area contributed by atoms with Crippen LogP contribution in [0.1, 0.15) is 11.3 Å². The van der Waals surface area contributed by atoms with Crippen molar-refractivity contribution in [2.24, 2.45) is 0 Å². The van der Waals surface area contributed by atoms with Gasteiger partial charge in [0.25, 0.3) is 0 Å². The van der Waals surface area contributed by atoms with Crippen LogP contribution in [0.2, 0.25) is 5.02 Å². The number of aromatic nitrogens is 2. The third-order valence-electron chi connectivity index (χ3n) is 3.36. The highest BCUT2D eigenvalue weighted by Crippen LogP contribution is 2.31. The van der Waals surface area contributed by atoms with E-state index in [4.69, 9.17) is 11.6 Å². The van der Waals surface area contributed by atoms with Gasteiger partial charge in [-0.25, -0.2) is 4.98 Å². The molecule has 0 atom stereocenters. The Balaban J connectivity index is 1.54. The van der Waals surface area contributed by atoms with Crippen molar-refractivity contribution in [3.05, 3.63) is 64.9 Å². The van der Waals surface area contributed by atoms with Gasteiger partial charge in [-0.05, 0) is 36.8 Å². The fourth-order valence-electron chi connectivity index (χ4n) is 2.18. The molecule has 25 heavy (non-hydrogen) atoms. The predicted molar refractivity (Wildman–Crippen MR) is 106 cm³/mol. The molecule has 0 saturated heterocycles. The van der Waals surface area contributed by atoms with Crippen LogP contribution < -0.4 is 5.32 Å². The van der Waals surface area contributed by atoms with Crippen molar-refractivity contribution in [2.45, 2.75) is 12.7 Å². The van der Waals surface area contributed by atoms with Gasteiger partial charge >= 0.3 is 0 Å². The second kappa shape index (κ2) is 8.47. The summed E-state index contributed by atoms with van der Waals surface area (Å²) in [6.07, 6.45) is 1.75. The minimum absolute atomic E-state index is 0.0553. The van der Waals surface area contributed by atoms with Crippen molar-refractivity contribution in [1.82, 2.24) is 9.97 Å². The van der Waals surface area contributed by atoms with Crippen LogP contribution in [-0.2, 0) is 10.5 Å². The van der Waals surface area contributed by atoms with Crippen LogP contribution in [0, 0.1) is 6.92 Å². The van der Waals surface area contributed by atoms with Gasteiger partial charge in [-0.2, -0.15) is 0 Å². The molecule has 3 rings (SSSR count). The van der Waals surface area contributed by atoms with E-state index in [2.05, 4.69) is 15.3 Å². The molecule has 1 aromatic carbocycles. The lowest BCUT2D eigenvalue weighted by atomic mass is 10.2. The SMILES string of the molecule is Cc1nc(NC(=O)CSCc2ccc(Cl)cc2)sc1-c1ccccn1. The van der Waals surface area contributed by atoms with Crippen molar-refractivity contribution in [3.63, 3.8) is 0 Å². The number of halogens is 1. The third-order valence-corrected chi connectivity index (χ3v) is 5.71. The van der Waals surface area contributed by atoms with Gasteiger partial charge < -0.3 is 5.32 Å². The minimum atomic E-state index is -0.0553. The number of pyridine rings is 1. The summed E-state index contributed by atoms with van der Waals surface area (Å²) in [4.78, 5) is 21.8. The van der Waals surface area contributed by atoms with Gasteiger partial charge in [0.1, 0.15) is 0 Å². The van der Waals surface area contributed by atoms with Crippen molar-refractivity contribution >= 4 is 45.7 Å². The maximum absolute atomic E-state index is 12.1. The maximum Gasteiger partial charge on any atom is 0.236 e. The molecule has 1 N–H and O–H groups in total. The largest absolute Gasteiger partial charge is 0.301 e. The Labute approximate surface area is 159 Å². The zero-order chi connectivity index (χ0) is 17.6. The molecule has 0 fully saturated rings. The van der Waals surface area contributed by atoms with Gasteiger partial charge in [0, 0.05) is 17.0 Å². The zero-order valence-electron chi connectivity index (χ0n) is 13.5. The summed E-state index contributed by atoms with van der Waals surface area (Å²) in [5, 5.41) is 4.19. The first-order chi connectivity index (χ1) is 12.1. The van der Waals surface area contributed by atoms with Gasteiger partial charge in [0.15, 0.2) is 5.13 Å². The summed E-state index contributed by atoms with van der Waals surface area (Å²) in [6, 6.07) is 13.4. The molecular formula is C18H16ClN3OS2. The van der Waals surface area contributed by atoms with Crippen LogP contribution in [0.3, 0.4) is 0 Å². The van der Waals surface area contributed by atoms with Crippen molar-refractivity contribution < 1.29 is 4.79 Å². The average molecular weight is 390 g/mol. The molecule has 0 aliphatic rings. The Hall–Kier alpha value is -1.89. The molecule has 0 spiro atoms. The molecule has 0 aliphatic carbocycles. The summed E-state index contributed by atoms with van der Waals surface area (Å²) in [6.45, 7) is 1.92. The molecule has 0 saturated carbocycles. The highest BCUT2D eigenvalue weighted by atomic mass is 35.5. The number of carbonyl (C=O) groups is 1. The number of thiazole rings is 1. The number of hydrogen-bond acceptors (Lipinski definition) is 5. The summed E-state index contributed by atoms with van der Waals surface area (Å²) >= 11 is 8.86. The topological polar surface area (TPSA) is 54.9 Å². The van der Waals surface area contributed by atoms with E-state index < -0.39 is 0 Å². The highest BCUT2D eigenvalue weighted by Gasteiger charge is 2.12. The van der Waals surface area contributed by atoms with E-state index in [1.807, 2.05) is 49.4 Å². The Kier molecular flexibility index (Phi) is 6.07. The fraction of sp³-hybridized carbons (Fsp3) is 0.167. The number of nitrogens with zero attached hydrogens (tertiary/aromatic N) is 2. The fourth-order valence-corrected chi connectivity index (χ4v) is 4.06. The van der Waals surface area contributed by atoms with Crippen LogP contribution in [-0.4, -0.2) is 21.6 Å². The molecule has 0 aliphatic heterocycles. The lowest BCUT2D eigenvalue weighted by Crippen LogP contribution is -2.13. The number of benzene rings is 1. The van der Waals surface area contributed by atoms with Gasteiger partial charge in [-0.1, -0.05) is 41.1 Å². The highest BCUT2D eigenvalue weighted by molar-refractivity contribution is 7.99. The Morgan fingerprint density at radius 3 is 2.76 bits per heavy atom. The van der Waals surface area contributed by atoms with Gasteiger partial charge in [-0.3, -0.25) is 9.78 Å². The molecule has 4 nitrogen and oxygen atoms in total. The normalized spacial score (nSPS) is 10.6. The number of carbonyl (C=O) groups excluding carboxylic acids is 1. The molecule has 0 bridgehead atoms. The van der Waals surface area contributed by atoms with E-state index in [9.17, 15) is 4.79 Å². The van der Waals surface area contributed by atoms with Crippen molar-refractivity contribution in [2.75, 3.05) is 11.1 Å². The summed E-state index contributed by atoms with van der Waals surface area (Å²) in [5.74, 6) is 1.08. The first kappa shape index (κ1) is 17.9. The van der Waals surface area contributed by atoms with E-state index >= 15 is 0 Å². The third kappa shape index (κ3) is 5.04. The number of nitrogens with one attached hydrogen (secondary N) is 1. The Bertz CT molecular complexity index is 851. The lowest BCUT2D eigenvalue weighted by molar-refractivity contribution is -0.113. The number of thioether (sulfide) groups is 1. The van der Waals surface area contributed by atoms with Gasteiger partial charge in [0.2, 0.25) is 5.91 Å². The summed E-state index contributed by atoms with van der Waals surface area (Å²) < 4.78 is 0. The average Bonchev–Trinajstić information content (AvgIpc) is 2.97. The van der Waals surface area contributed by atoms with E-state index in [1.165, 1.54) is 11.3 Å².